The van der Waals surface area contributed by atoms with Crippen LogP contribution in [0.5, 0.6) is 0 Å². The molecule has 1 fully saturated rings. The molecule has 0 saturated carbocycles. The lowest BCUT2D eigenvalue weighted by Gasteiger charge is -2.28. The Morgan fingerprint density at radius 2 is 1.72 bits per heavy atom. The molecule has 0 bridgehead atoms. The molecule has 2 heterocycles. The lowest BCUT2D eigenvalue weighted by Crippen LogP contribution is -2.87. The number of nitrogens with zero attached hydrogens (tertiary/aromatic N) is 1. The fourth-order valence-electron chi connectivity index (χ4n) is 3.89. The van der Waals surface area contributed by atoms with E-state index in [4.69, 9.17) is 0 Å². The second-order valence-corrected chi connectivity index (χ2v) is 8.47. The van der Waals surface area contributed by atoms with E-state index < -0.39 is 0 Å². The first-order valence-electron chi connectivity index (χ1n) is 10.4. The number of piperidine rings is 1. The number of rotatable bonds is 7. The van der Waals surface area contributed by atoms with E-state index in [1.54, 1.807) is 11.3 Å². The molecule has 5 heteroatoms. The highest BCUT2D eigenvalue weighted by Gasteiger charge is 2.20. The minimum absolute atomic E-state index is 0.0215. The zero-order valence-electron chi connectivity index (χ0n) is 16.6. The molecule has 29 heavy (non-hydrogen) atoms. The molecule has 0 spiro atoms. The molecule has 1 saturated heterocycles. The van der Waals surface area contributed by atoms with Crippen molar-refractivity contribution < 1.29 is 10.1 Å². The number of carbonyl (C=O) groups is 1. The first-order chi connectivity index (χ1) is 14.3. The topological polar surface area (TPSA) is 49.0 Å². The van der Waals surface area contributed by atoms with Gasteiger partial charge in [0.2, 0.25) is 0 Å². The van der Waals surface area contributed by atoms with E-state index in [2.05, 4.69) is 57.3 Å². The number of thiophene rings is 1. The molecule has 1 amide bonds. The normalized spacial score (nSPS) is 15.1. The van der Waals surface area contributed by atoms with Crippen molar-refractivity contribution in [1.82, 2.24) is 0 Å². The maximum absolute atomic E-state index is 12.6. The number of amides is 1. The quantitative estimate of drug-likeness (QED) is 0.622. The maximum Gasteiger partial charge on any atom is 0.279 e. The Balaban J connectivity index is 1.35. The van der Waals surface area contributed by atoms with Gasteiger partial charge in [-0.25, -0.2) is 0 Å². The average Bonchev–Trinajstić information content (AvgIpc) is 3.30. The molecule has 150 valence electrons. The fourth-order valence-corrected chi connectivity index (χ4v) is 4.74. The molecular formula is C24H28N3OS+. The van der Waals surface area contributed by atoms with E-state index in [0.717, 1.165) is 18.8 Å². The molecule has 0 unspecified atom stereocenters. The third-order valence-corrected chi connectivity index (χ3v) is 6.38. The van der Waals surface area contributed by atoms with Gasteiger partial charge in [0.15, 0.2) is 6.54 Å². The van der Waals surface area contributed by atoms with Crippen LogP contribution in [0.1, 0.15) is 35.7 Å². The summed E-state index contributed by atoms with van der Waals surface area (Å²) in [6, 6.07) is 23.0. The predicted octanol–water partition coefficient (Wildman–Crippen LogP) is 4.03. The summed E-state index contributed by atoms with van der Waals surface area (Å²) in [6.45, 7) is 2.64. The molecule has 1 aliphatic rings. The third-order valence-electron chi connectivity index (χ3n) is 5.42. The Morgan fingerprint density at radius 1 is 0.966 bits per heavy atom. The van der Waals surface area contributed by atoms with Crippen LogP contribution < -0.4 is 15.5 Å². The fraction of sp³-hybridized carbons (Fsp3) is 0.292. The number of carbonyl (C=O) groups excluding carboxylic acids is 1. The summed E-state index contributed by atoms with van der Waals surface area (Å²) in [7, 11) is 0. The van der Waals surface area contributed by atoms with Crippen molar-refractivity contribution in [3.05, 3.63) is 82.6 Å². The van der Waals surface area contributed by atoms with Gasteiger partial charge < -0.3 is 15.5 Å². The zero-order valence-corrected chi connectivity index (χ0v) is 17.4. The largest absolute Gasteiger partial charge is 0.372 e. The van der Waals surface area contributed by atoms with Gasteiger partial charge in [-0.1, -0.05) is 36.4 Å². The number of anilines is 2. The van der Waals surface area contributed by atoms with Crippen LogP contribution in [0.25, 0.3) is 0 Å². The number of benzene rings is 2. The van der Waals surface area contributed by atoms with Crippen LogP contribution >= 0.6 is 11.3 Å². The van der Waals surface area contributed by atoms with Gasteiger partial charge in [-0.2, -0.15) is 0 Å². The Kier molecular flexibility index (Phi) is 6.60. The van der Waals surface area contributed by atoms with E-state index in [9.17, 15) is 4.79 Å². The van der Waals surface area contributed by atoms with Gasteiger partial charge >= 0.3 is 0 Å². The minimum atomic E-state index is 0.0215. The molecule has 0 radical (unpaired) electrons. The monoisotopic (exact) mass is 406 g/mol. The number of hydrogen-bond donors (Lipinski definition) is 2. The van der Waals surface area contributed by atoms with Crippen LogP contribution in [0.2, 0.25) is 0 Å². The lowest BCUT2D eigenvalue weighted by atomic mass is 10.1. The second kappa shape index (κ2) is 9.72. The highest BCUT2D eigenvalue weighted by Crippen LogP contribution is 2.23. The SMILES string of the molecule is O=C(C[NH2+][C@H](c1ccccc1)c1cccs1)Nc1ccc(N2CCCCC2)cc1. The maximum atomic E-state index is 12.6. The zero-order chi connectivity index (χ0) is 19.9. The van der Waals surface area contributed by atoms with Crippen LogP contribution in [-0.2, 0) is 4.79 Å². The average molecular weight is 407 g/mol. The molecule has 0 aliphatic carbocycles. The number of nitrogens with one attached hydrogen (secondary N) is 1. The Bertz CT molecular complexity index is 888. The molecule has 4 nitrogen and oxygen atoms in total. The van der Waals surface area contributed by atoms with Crippen molar-refractivity contribution in [2.24, 2.45) is 0 Å². The van der Waals surface area contributed by atoms with Crippen molar-refractivity contribution in [3.8, 4) is 0 Å². The van der Waals surface area contributed by atoms with E-state index in [1.807, 2.05) is 30.3 Å². The van der Waals surface area contributed by atoms with Crippen LogP contribution in [0.3, 0.4) is 0 Å². The Labute approximate surface area is 176 Å². The molecule has 3 aromatic rings. The molecule has 1 aliphatic heterocycles. The summed E-state index contributed by atoms with van der Waals surface area (Å²) >= 11 is 1.73. The summed E-state index contributed by atoms with van der Waals surface area (Å²) in [6.07, 6.45) is 3.86. The molecule has 4 rings (SSSR count). The minimum Gasteiger partial charge on any atom is -0.372 e. The standard InChI is InChI=1S/C24H27N3OS/c28-23(26-20-11-13-21(14-12-20)27-15-5-2-6-16-27)18-25-24(22-10-7-17-29-22)19-8-3-1-4-9-19/h1,3-4,7-14,17,24-25H,2,5-6,15-16,18H2,(H,26,28)/p+1/t24-/m1/s1. The summed E-state index contributed by atoms with van der Waals surface area (Å²) in [4.78, 5) is 16.2. The van der Waals surface area contributed by atoms with Crippen molar-refractivity contribution in [1.29, 1.82) is 0 Å². The van der Waals surface area contributed by atoms with E-state index in [1.165, 1.54) is 35.4 Å². The van der Waals surface area contributed by atoms with E-state index in [-0.39, 0.29) is 11.9 Å². The molecule has 3 N–H and O–H groups in total. The summed E-state index contributed by atoms with van der Waals surface area (Å²) < 4.78 is 0. The van der Waals surface area contributed by atoms with Crippen LogP contribution in [0.4, 0.5) is 11.4 Å². The van der Waals surface area contributed by atoms with E-state index >= 15 is 0 Å². The van der Waals surface area contributed by atoms with Gasteiger partial charge in [0.05, 0.1) is 4.88 Å². The number of nitrogens with two attached hydrogens (primary N) is 1. The lowest BCUT2D eigenvalue weighted by molar-refractivity contribution is -0.675. The number of quaternary nitrogens is 1. The van der Waals surface area contributed by atoms with E-state index in [0.29, 0.717) is 6.54 Å². The highest BCUT2D eigenvalue weighted by atomic mass is 32.1. The molecule has 1 atom stereocenters. The third kappa shape index (κ3) is 5.25. The first kappa shape index (κ1) is 19.7. The van der Waals surface area contributed by atoms with Crippen molar-refractivity contribution in [2.45, 2.75) is 25.3 Å². The second-order valence-electron chi connectivity index (χ2n) is 7.49. The van der Waals surface area contributed by atoms with Gasteiger partial charge in [-0.15, -0.1) is 11.3 Å². The van der Waals surface area contributed by atoms with Crippen molar-refractivity contribution >= 4 is 28.6 Å². The van der Waals surface area contributed by atoms with Gasteiger partial charge in [0.25, 0.3) is 5.91 Å². The van der Waals surface area contributed by atoms with Gasteiger partial charge in [-0.05, 0) is 55.0 Å². The van der Waals surface area contributed by atoms with Gasteiger partial charge in [-0.3, -0.25) is 4.79 Å². The predicted molar refractivity (Wildman–Crippen MR) is 121 cm³/mol. The summed E-state index contributed by atoms with van der Waals surface area (Å²) in [5.74, 6) is 0.0215. The van der Waals surface area contributed by atoms with Crippen LogP contribution in [0.15, 0.2) is 72.1 Å². The van der Waals surface area contributed by atoms with Crippen LogP contribution in [-0.4, -0.2) is 25.5 Å². The van der Waals surface area contributed by atoms with Crippen molar-refractivity contribution in [2.75, 3.05) is 29.9 Å². The molecular weight excluding hydrogens is 378 g/mol. The highest BCUT2D eigenvalue weighted by molar-refractivity contribution is 7.10. The summed E-state index contributed by atoms with van der Waals surface area (Å²) in [5, 5.41) is 7.23. The van der Waals surface area contributed by atoms with Crippen LogP contribution in [0, 0.1) is 0 Å². The first-order valence-corrected chi connectivity index (χ1v) is 11.2. The molecule has 1 aromatic heterocycles. The Morgan fingerprint density at radius 3 is 2.41 bits per heavy atom. The van der Waals surface area contributed by atoms with Gasteiger partial charge in [0.1, 0.15) is 6.04 Å². The number of hydrogen-bond acceptors (Lipinski definition) is 3. The van der Waals surface area contributed by atoms with Crippen molar-refractivity contribution in [3.63, 3.8) is 0 Å². The Hall–Kier alpha value is -2.63. The summed E-state index contributed by atoms with van der Waals surface area (Å²) in [5.41, 5.74) is 3.32. The molecule has 2 aromatic carbocycles. The van der Waals surface area contributed by atoms with Gasteiger partial charge in [0, 0.05) is 30.0 Å². The smallest absolute Gasteiger partial charge is 0.279 e.